The highest BCUT2D eigenvalue weighted by molar-refractivity contribution is 6.12. The Balaban J connectivity index is 1.36. The van der Waals surface area contributed by atoms with E-state index in [1.165, 1.54) is 24.3 Å². The third kappa shape index (κ3) is 10.8. The second-order valence-corrected chi connectivity index (χ2v) is 12.7. The summed E-state index contributed by atoms with van der Waals surface area (Å²) < 4.78 is 4.77. The number of nitrogens with zero attached hydrogens (tertiary/aromatic N) is 2. The summed E-state index contributed by atoms with van der Waals surface area (Å²) in [5.74, 6) is -2.41. The Labute approximate surface area is 303 Å². The number of anilines is 1. The van der Waals surface area contributed by atoms with E-state index in [0.717, 1.165) is 11.0 Å². The minimum absolute atomic E-state index is 0.0637. The van der Waals surface area contributed by atoms with Crippen molar-refractivity contribution in [3.63, 3.8) is 0 Å². The third-order valence-electron chi connectivity index (χ3n) is 8.98. The van der Waals surface area contributed by atoms with E-state index in [-0.39, 0.29) is 67.7 Å². The number of rotatable bonds is 19. The number of unbranched alkanes of at least 4 members (excludes halogenated alkanes) is 2. The lowest BCUT2D eigenvalue weighted by Gasteiger charge is -2.39. The van der Waals surface area contributed by atoms with Gasteiger partial charge < -0.3 is 36.8 Å². The molecule has 1 fully saturated rings. The molecule has 1 aliphatic carbocycles. The molecule has 0 aromatic heterocycles. The van der Waals surface area contributed by atoms with Crippen LogP contribution < -0.4 is 31.7 Å². The molecule has 18 nitrogen and oxygen atoms in total. The van der Waals surface area contributed by atoms with Crippen molar-refractivity contribution in [2.24, 2.45) is 11.1 Å². The highest BCUT2D eigenvalue weighted by Crippen LogP contribution is 2.41. The molecule has 0 spiro atoms. The summed E-state index contributed by atoms with van der Waals surface area (Å²) in [6.45, 7) is 0.692. The number of urea groups is 1. The summed E-state index contributed by atoms with van der Waals surface area (Å²) >= 11 is 0. The van der Waals surface area contributed by atoms with Gasteiger partial charge in [0.1, 0.15) is 17.2 Å². The van der Waals surface area contributed by atoms with Crippen molar-refractivity contribution in [3.8, 4) is 5.75 Å². The second kappa shape index (κ2) is 18.2. The average molecular weight is 736 g/mol. The van der Waals surface area contributed by atoms with Crippen molar-refractivity contribution in [1.82, 2.24) is 20.9 Å². The second-order valence-electron chi connectivity index (χ2n) is 12.7. The first-order valence-corrected chi connectivity index (χ1v) is 17.0. The van der Waals surface area contributed by atoms with Crippen molar-refractivity contribution in [2.45, 2.75) is 63.8 Å². The van der Waals surface area contributed by atoms with Gasteiger partial charge in [-0.25, -0.2) is 9.59 Å². The van der Waals surface area contributed by atoms with Crippen LogP contribution in [0.15, 0.2) is 54.6 Å². The topological polar surface area (TPSA) is 269 Å². The van der Waals surface area contributed by atoms with Gasteiger partial charge in [0.15, 0.2) is 0 Å². The van der Waals surface area contributed by atoms with Crippen LogP contribution in [0.1, 0.15) is 62.5 Å². The van der Waals surface area contributed by atoms with Gasteiger partial charge in [-0.2, -0.15) is 0 Å². The third-order valence-corrected chi connectivity index (χ3v) is 8.98. The van der Waals surface area contributed by atoms with E-state index in [0.29, 0.717) is 49.8 Å². The first kappa shape index (κ1) is 39.5. The first-order chi connectivity index (χ1) is 25.3. The van der Waals surface area contributed by atoms with Crippen LogP contribution in [-0.4, -0.2) is 82.3 Å². The largest absolute Gasteiger partial charge is 0.511 e. The number of primary amides is 1. The molecule has 7 N–H and O–H groups in total. The number of hydrogen-bond acceptors (Lipinski definition) is 10. The zero-order valence-electron chi connectivity index (χ0n) is 28.8. The van der Waals surface area contributed by atoms with E-state index in [1.54, 1.807) is 24.3 Å². The Morgan fingerprint density at radius 2 is 1.60 bits per heavy atom. The van der Waals surface area contributed by atoms with Crippen molar-refractivity contribution >= 4 is 53.1 Å². The van der Waals surface area contributed by atoms with Crippen molar-refractivity contribution in [1.29, 1.82) is 0 Å². The average Bonchev–Trinajstić information content (AvgIpc) is 3.40. The summed E-state index contributed by atoms with van der Waals surface area (Å²) in [5.41, 5.74) is 4.76. The summed E-state index contributed by atoms with van der Waals surface area (Å²) in [4.78, 5) is 97.8. The number of nitrogens with one attached hydrogen (secondary N) is 4. The fourth-order valence-corrected chi connectivity index (χ4v) is 5.93. The first-order valence-electron chi connectivity index (χ1n) is 17.0. The van der Waals surface area contributed by atoms with E-state index >= 15 is 0 Å². The Bertz CT molecular complexity index is 1760. The number of imide groups is 1. The number of non-ortho nitro benzene ring substituents is 1. The van der Waals surface area contributed by atoms with Gasteiger partial charge in [-0.3, -0.25) is 39.0 Å². The van der Waals surface area contributed by atoms with Gasteiger partial charge in [0.05, 0.1) is 4.92 Å². The maximum atomic E-state index is 13.6. The van der Waals surface area contributed by atoms with Crippen LogP contribution in [0.3, 0.4) is 0 Å². The number of carboxylic acid groups (broad SMARTS) is 1. The maximum Gasteiger partial charge on any atom is 0.511 e. The van der Waals surface area contributed by atoms with Crippen LogP contribution in [0.4, 0.5) is 21.0 Å². The number of carbonyl (C=O) groups is 7. The van der Waals surface area contributed by atoms with Gasteiger partial charge in [-0.1, -0.05) is 18.6 Å². The molecule has 1 atom stereocenters. The fourth-order valence-electron chi connectivity index (χ4n) is 5.93. The Kier molecular flexibility index (Phi) is 13.6. The van der Waals surface area contributed by atoms with Gasteiger partial charge >= 0.3 is 12.2 Å². The number of amides is 7. The van der Waals surface area contributed by atoms with Crippen molar-refractivity contribution in [2.75, 3.05) is 25.0 Å². The van der Waals surface area contributed by atoms with Crippen molar-refractivity contribution in [3.05, 3.63) is 75.9 Å². The zero-order valence-corrected chi connectivity index (χ0v) is 28.8. The summed E-state index contributed by atoms with van der Waals surface area (Å²) in [5, 5.41) is 31.0. The molecule has 2 aromatic carbocycles. The van der Waals surface area contributed by atoms with Crippen LogP contribution in [-0.2, 0) is 30.4 Å². The SMILES string of the molecule is NC(=O)NCCC[C@H](NC(=O)C1(C(=O)NCCCCCN2C(=O)C=CC2=O)CCC1)C(=O)Nc1ccc(Cc2cc([N+](=O)[O-])ccc2OC(=O)O)cc1. The van der Waals surface area contributed by atoms with E-state index in [4.69, 9.17) is 15.6 Å². The molecular weight excluding hydrogens is 694 g/mol. The summed E-state index contributed by atoms with van der Waals surface area (Å²) in [6.07, 6.45) is 4.29. The molecule has 4 rings (SSSR count). The molecule has 0 bridgehead atoms. The molecule has 2 aliphatic rings. The molecule has 0 unspecified atom stereocenters. The molecule has 7 amide bonds. The lowest BCUT2D eigenvalue weighted by molar-refractivity contribution is -0.384. The summed E-state index contributed by atoms with van der Waals surface area (Å²) in [6, 6.07) is 8.09. The van der Waals surface area contributed by atoms with Crippen LogP contribution >= 0.6 is 0 Å². The molecular formula is C35H41N7O11. The van der Waals surface area contributed by atoms with E-state index in [1.807, 2.05) is 0 Å². The quantitative estimate of drug-likeness (QED) is 0.0232. The van der Waals surface area contributed by atoms with Crippen LogP contribution in [0.5, 0.6) is 5.75 Å². The molecule has 2 aromatic rings. The van der Waals surface area contributed by atoms with E-state index in [9.17, 15) is 43.7 Å². The molecule has 1 saturated carbocycles. The highest BCUT2D eigenvalue weighted by Gasteiger charge is 2.51. The van der Waals surface area contributed by atoms with Crippen LogP contribution in [0.25, 0.3) is 0 Å². The Morgan fingerprint density at radius 3 is 2.21 bits per heavy atom. The highest BCUT2D eigenvalue weighted by atomic mass is 16.7. The molecule has 53 heavy (non-hydrogen) atoms. The van der Waals surface area contributed by atoms with Gasteiger partial charge in [-0.05, 0) is 68.7 Å². The molecule has 282 valence electrons. The van der Waals surface area contributed by atoms with E-state index < -0.39 is 46.3 Å². The van der Waals surface area contributed by atoms with E-state index in [2.05, 4.69) is 21.3 Å². The standard InChI is InChI=1S/C35H41N7O11/c36-33(48)38-18-4-6-26(40-32(47)35(15-5-16-35)31(46)37-17-2-1-3-19-41-28(43)13-14-29(41)44)30(45)39-24-9-7-22(8-10-24)20-23-21-25(42(51)52)11-12-27(23)53-34(49)50/h7-14,21,26H,1-6,15-20H2,(H,37,46)(H,39,45)(H,40,47)(H,49,50)(H3,36,38,48)/t26-/m0/s1. The number of nitrogens with two attached hydrogens (primary N) is 1. The van der Waals surface area contributed by atoms with Crippen molar-refractivity contribution < 1.29 is 48.3 Å². The smallest absolute Gasteiger partial charge is 0.449 e. The van der Waals surface area contributed by atoms with Gasteiger partial charge in [0, 0.05) is 61.6 Å². The molecule has 18 heteroatoms. The maximum absolute atomic E-state index is 13.6. The van der Waals surface area contributed by atoms with Gasteiger partial charge in [-0.15, -0.1) is 0 Å². The lowest BCUT2D eigenvalue weighted by atomic mass is 9.67. The number of nitro groups is 1. The van der Waals surface area contributed by atoms with Crippen LogP contribution in [0, 0.1) is 15.5 Å². The lowest BCUT2D eigenvalue weighted by Crippen LogP contribution is -2.58. The Hall–Kier alpha value is -6.33. The minimum Gasteiger partial charge on any atom is -0.449 e. The minimum atomic E-state index is -1.58. The normalized spacial score (nSPS) is 14.8. The number of hydrogen-bond donors (Lipinski definition) is 6. The number of benzene rings is 2. The number of carbonyl (C=O) groups excluding carboxylic acids is 6. The predicted molar refractivity (Wildman–Crippen MR) is 187 cm³/mol. The molecule has 1 heterocycles. The number of ether oxygens (including phenoxy) is 1. The monoisotopic (exact) mass is 735 g/mol. The zero-order chi connectivity index (χ0) is 38.5. The van der Waals surface area contributed by atoms with Gasteiger partial charge in [0.2, 0.25) is 17.7 Å². The number of nitro benzene ring substituents is 1. The molecule has 0 saturated heterocycles. The molecule has 0 radical (unpaired) electrons. The summed E-state index contributed by atoms with van der Waals surface area (Å²) in [7, 11) is 0. The van der Waals surface area contributed by atoms with Crippen LogP contribution in [0.2, 0.25) is 0 Å². The predicted octanol–water partition coefficient (Wildman–Crippen LogP) is 2.50. The molecule has 1 aliphatic heterocycles. The Morgan fingerprint density at radius 1 is 0.925 bits per heavy atom. The van der Waals surface area contributed by atoms with Gasteiger partial charge in [0.25, 0.3) is 17.5 Å². The fraction of sp³-hybridized carbons (Fsp3) is 0.400.